The van der Waals surface area contributed by atoms with Gasteiger partial charge in [-0.05, 0) is 34.6 Å². The summed E-state index contributed by atoms with van der Waals surface area (Å²) in [6, 6.07) is -0.189. The maximum absolute atomic E-state index is 11.8. The van der Waals surface area contributed by atoms with E-state index in [-0.39, 0.29) is 12.1 Å². The Labute approximate surface area is 128 Å². The molecule has 120 valence electrons. The van der Waals surface area contributed by atoms with E-state index < -0.39 is 22.5 Å². The highest BCUT2D eigenvalue weighted by Gasteiger charge is 2.21. The molecule has 0 aromatic carbocycles. The lowest BCUT2D eigenvalue weighted by Gasteiger charge is -2.23. The molecule has 0 aliphatic heterocycles. The summed E-state index contributed by atoms with van der Waals surface area (Å²) in [5.41, 5.74) is 0.329. The maximum Gasteiger partial charge on any atom is 0.408 e. The Bertz CT molecular complexity index is 508. The summed E-state index contributed by atoms with van der Waals surface area (Å²) < 4.78 is 18.5. The molecule has 0 saturated carbocycles. The molecular weight excluding hydrogens is 290 g/mol. The van der Waals surface area contributed by atoms with Gasteiger partial charge in [-0.25, -0.2) is 9.78 Å². The smallest absolute Gasteiger partial charge is 0.408 e. The zero-order valence-corrected chi connectivity index (χ0v) is 14.4. The molecule has 21 heavy (non-hydrogen) atoms. The van der Waals surface area contributed by atoms with Gasteiger partial charge in [-0.1, -0.05) is 0 Å². The topological polar surface area (TPSA) is 73.2 Å². The van der Waals surface area contributed by atoms with Crippen LogP contribution in [0.3, 0.4) is 0 Å². The molecule has 1 N–H and O–H groups in total. The maximum atomic E-state index is 11.8. The Balaban J connectivity index is 2.75. The van der Waals surface area contributed by atoms with Gasteiger partial charge >= 0.3 is 6.09 Å². The van der Waals surface area contributed by atoms with Crippen LogP contribution in [0.4, 0.5) is 4.79 Å². The van der Waals surface area contributed by atoms with Crippen LogP contribution in [-0.4, -0.2) is 37.5 Å². The summed E-state index contributed by atoms with van der Waals surface area (Å²) in [6.07, 6.45) is 4.61. The first-order valence-electron chi connectivity index (χ1n) is 6.91. The van der Waals surface area contributed by atoms with Crippen molar-refractivity contribution in [2.45, 2.75) is 52.3 Å². The van der Waals surface area contributed by atoms with Crippen molar-refractivity contribution < 1.29 is 13.7 Å². The van der Waals surface area contributed by atoms with E-state index in [0.29, 0.717) is 5.75 Å². The number of amides is 1. The summed E-state index contributed by atoms with van der Waals surface area (Å²) in [5.74, 6) is 0.544. The van der Waals surface area contributed by atoms with Crippen LogP contribution in [0.1, 0.15) is 52.4 Å². The number of ether oxygens (including phenoxy) is 1. The van der Waals surface area contributed by atoms with E-state index in [0.717, 1.165) is 5.69 Å². The second-order valence-corrected chi connectivity index (χ2v) is 7.66. The number of carbonyl (C=O) groups excluding carboxylic acids is 1. The van der Waals surface area contributed by atoms with Gasteiger partial charge in [0.05, 0.1) is 24.3 Å². The number of aromatic nitrogens is 2. The quantitative estimate of drug-likeness (QED) is 0.905. The third-order valence-corrected chi connectivity index (χ3v) is 3.78. The van der Waals surface area contributed by atoms with Crippen LogP contribution in [-0.2, 0) is 15.5 Å². The number of rotatable bonds is 5. The summed E-state index contributed by atoms with van der Waals surface area (Å²) in [6.45, 7) is 9.31. The van der Waals surface area contributed by atoms with Crippen molar-refractivity contribution in [3.63, 3.8) is 0 Å². The SMILES string of the molecule is CC(CS(C)=O)n1cncc1[C@@H](C)NC(=O)OC(C)(C)C. The molecule has 0 radical (unpaired) electrons. The molecule has 0 aliphatic carbocycles. The highest BCUT2D eigenvalue weighted by Crippen LogP contribution is 2.18. The van der Waals surface area contributed by atoms with Crippen LogP contribution < -0.4 is 5.32 Å². The highest BCUT2D eigenvalue weighted by atomic mass is 32.2. The number of hydrogen-bond donors (Lipinski definition) is 1. The predicted octanol–water partition coefficient (Wildman–Crippen LogP) is 2.41. The molecule has 6 nitrogen and oxygen atoms in total. The van der Waals surface area contributed by atoms with E-state index >= 15 is 0 Å². The zero-order valence-electron chi connectivity index (χ0n) is 13.5. The molecule has 1 aromatic rings. The van der Waals surface area contributed by atoms with Crippen molar-refractivity contribution >= 4 is 16.9 Å². The van der Waals surface area contributed by atoms with Crippen LogP contribution in [0.25, 0.3) is 0 Å². The largest absolute Gasteiger partial charge is 0.444 e. The number of hydrogen-bond acceptors (Lipinski definition) is 4. The highest BCUT2D eigenvalue weighted by molar-refractivity contribution is 7.84. The fraction of sp³-hybridized carbons (Fsp3) is 0.714. The molecule has 0 aliphatic rings. The third-order valence-electron chi connectivity index (χ3n) is 2.82. The third kappa shape index (κ3) is 5.87. The molecule has 0 spiro atoms. The van der Waals surface area contributed by atoms with Gasteiger partial charge in [-0.2, -0.15) is 0 Å². The molecule has 1 aromatic heterocycles. The van der Waals surface area contributed by atoms with E-state index in [2.05, 4.69) is 10.3 Å². The predicted molar refractivity (Wildman–Crippen MR) is 83.7 cm³/mol. The van der Waals surface area contributed by atoms with Crippen LogP contribution in [0.2, 0.25) is 0 Å². The Kier molecular flexibility index (Phi) is 5.95. The van der Waals surface area contributed by atoms with Gasteiger partial charge < -0.3 is 14.6 Å². The van der Waals surface area contributed by atoms with E-state index in [1.807, 2.05) is 39.2 Å². The molecule has 3 atom stereocenters. The molecule has 1 rings (SSSR count). The summed E-state index contributed by atoms with van der Waals surface area (Å²) in [4.78, 5) is 15.9. The standard InChI is InChI=1S/C14H25N3O3S/c1-10(8-21(6)19)17-9-15-7-12(17)11(2)16-13(18)20-14(3,4)5/h7,9-11H,8H2,1-6H3,(H,16,18)/t10?,11-,21?/m1/s1. The molecule has 0 saturated heterocycles. The van der Waals surface area contributed by atoms with Crippen LogP contribution in [0.5, 0.6) is 0 Å². The lowest BCUT2D eigenvalue weighted by molar-refractivity contribution is 0.0506. The molecule has 7 heteroatoms. The van der Waals surface area contributed by atoms with Crippen molar-refractivity contribution in [1.29, 1.82) is 0 Å². The summed E-state index contributed by atoms with van der Waals surface area (Å²) in [5, 5.41) is 2.79. The van der Waals surface area contributed by atoms with Crippen molar-refractivity contribution in [3.05, 3.63) is 18.2 Å². The molecular formula is C14H25N3O3S. The molecule has 1 amide bonds. The first kappa shape index (κ1) is 17.7. The minimum atomic E-state index is -0.887. The lowest BCUT2D eigenvalue weighted by atomic mass is 10.2. The number of nitrogens with zero attached hydrogens (tertiary/aromatic N) is 2. The Morgan fingerprint density at radius 1 is 1.48 bits per heavy atom. The van der Waals surface area contributed by atoms with Crippen LogP contribution in [0.15, 0.2) is 12.5 Å². The summed E-state index contributed by atoms with van der Waals surface area (Å²) >= 11 is 0. The monoisotopic (exact) mass is 315 g/mol. The average molecular weight is 315 g/mol. The second kappa shape index (κ2) is 7.06. The van der Waals surface area contributed by atoms with Gasteiger partial charge in [0.1, 0.15) is 5.60 Å². The minimum absolute atomic E-state index is 0.0521. The molecule has 1 heterocycles. The van der Waals surface area contributed by atoms with Gasteiger partial charge in [-0.3, -0.25) is 4.21 Å². The zero-order chi connectivity index (χ0) is 16.2. The number of alkyl carbamates (subject to hydrolysis) is 1. The van der Waals surface area contributed by atoms with Gasteiger partial charge in [0.2, 0.25) is 0 Å². The van der Waals surface area contributed by atoms with Gasteiger partial charge in [0.15, 0.2) is 0 Å². The Morgan fingerprint density at radius 2 is 2.10 bits per heavy atom. The van der Waals surface area contributed by atoms with Crippen molar-refractivity contribution in [1.82, 2.24) is 14.9 Å². The minimum Gasteiger partial charge on any atom is -0.444 e. The van der Waals surface area contributed by atoms with Crippen molar-refractivity contribution in [2.75, 3.05) is 12.0 Å². The van der Waals surface area contributed by atoms with Gasteiger partial charge in [0, 0.05) is 28.9 Å². The van der Waals surface area contributed by atoms with E-state index in [9.17, 15) is 9.00 Å². The first-order chi connectivity index (χ1) is 9.60. The molecule has 0 bridgehead atoms. The fourth-order valence-electron chi connectivity index (χ4n) is 2.00. The van der Waals surface area contributed by atoms with E-state index in [1.54, 1.807) is 18.8 Å². The fourth-order valence-corrected chi connectivity index (χ4v) is 2.84. The molecule has 2 unspecified atom stereocenters. The van der Waals surface area contributed by atoms with E-state index in [1.165, 1.54) is 0 Å². The average Bonchev–Trinajstić information content (AvgIpc) is 2.73. The number of carbonyl (C=O) groups is 1. The molecule has 0 fully saturated rings. The van der Waals surface area contributed by atoms with E-state index in [4.69, 9.17) is 4.74 Å². The lowest BCUT2D eigenvalue weighted by Crippen LogP contribution is -2.35. The van der Waals surface area contributed by atoms with Crippen molar-refractivity contribution in [2.24, 2.45) is 0 Å². The Hall–Kier alpha value is -1.37. The first-order valence-corrected chi connectivity index (χ1v) is 8.64. The van der Waals surface area contributed by atoms with Gasteiger partial charge in [0.25, 0.3) is 0 Å². The van der Waals surface area contributed by atoms with Crippen molar-refractivity contribution in [3.8, 4) is 0 Å². The number of imidazole rings is 1. The van der Waals surface area contributed by atoms with Gasteiger partial charge in [-0.15, -0.1) is 0 Å². The Morgan fingerprint density at radius 3 is 2.62 bits per heavy atom. The van der Waals surface area contributed by atoms with Crippen LogP contribution >= 0.6 is 0 Å². The second-order valence-electron chi connectivity index (χ2n) is 6.18. The summed E-state index contributed by atoms with van der Waals surface area (Å²) in [7, 11) is -0.887. The normalized spacial score (nSPS) is 16.1. The number of nitrogens with one attached hydrogen (secondary N) is 1. The van der Waals surface area contributed by atoms with Crippen LogP contribution in [0, 0.1) is 0 Å².